The Labute approximate surface area is 103 Å². The predicted octanol–water partition coefficient (Wildman–Crippen LogP) is 0.723. The maximum atomic E-state index is 11.2. The fraction of sp³-hybridized carbons (Fsp3) is 0.500. The minimum absolute atomic E-state index is 0.00428. The van der Waals surface area contributed by atoms with Crippen LogP contribution >= 0.6 is 11.3 Å². The van der Waals surface area contributed by atoms with Gasteiger partial charge in [-0.05, 0) is 12.5 Å². The van der Waals surface area contributed by atoms with Crippen LogP contribution < -0.4 is 5.32 Å². The van der Waals surface area contributed by atoms with Crippen LogP contribution in [0.5, 0.6) is 0 Å². The topological polar surface area (TPSA) is 83.5 Å². The van der Waals surface area contributed by atoms with Gasteiger partial charge in [-0.15, -0.1) is 11.3 Å². The largest absolute Gasteiger partial charge is 0.478 e. The van der Waals surface area contributed by atoms with E-state index >= 15 is 0 Å². The Morgan fingerprint density at radius 3 is 2.88 bits per heavy atom. The smallest absolute Gasteiger partial charge is 0.336 e. The third-order valence-corrected chi connectivity index (χ3v) is 5.40. The molecule has 5 nitrogen and oxygen atoms in total. The molecular weight excluding hydrogens is 262 g/mol. The van der Waals surface area contributed by atoms with Crippen molar-refractivity contribution in [3.8, 4) is 0 Å². The van der Waals surface area contributed by atoms with Gasteiger partial charge in [0.1, 0.15) is 0 Å². The summed E-state index contributed by atoms with van der Waals surface area (Å²) in [6.45, 7) is 0.526. The zero-order valence-corrected chi connectivity index (χ0v) is 10.7. The van der Waals surface area contributed by atoms with Gasteiger partial charge in [-0.2, -0.15) is 0 Å². The molecule has 1 atom stereocenters. The van der Waals surface area contributed by atoms with E-state index in [9.17, 15) is 13.2 Å². The molecule has 1 aromatic heterocycles. The van der Waals surface area contributed by atoms with E-state index in [0.29, 0.717) is 13.0 Å². The lowest BCUT2D eigenvalue weighted by atomic mass is 10.2. The molecule has 0 spiro atoms. The highest BCUT2D eigenvalue weighted by atomic mass is 32.2. The first-order valence-corrected chi connectivity index (χ1v) is 7.91. The van der Waals surface area contributed by atoms with Gasteiger partial charge in [-0.3, -0.25) is 0 Å². The molecule has 17 heavy (non-hydrogen) atoms. The molecule has 0 radical (unpaired) electrons. The van der Waals surface area contributed by atoms with Gasteiger partial charge in [0.05, 0.1) is 17.1 Å². The van der Waals surface area contributed by atoms with Crippen LogP contribution in [0.15, 0.2) is 11.4 Å². The van der Waals surface area contributed by atoms with Crippen LogP contribution in [0.4, 0.5) is 0 Å². The van der Waals surface area contributed by atoms with E-state index in [1.807, 2.05) is 0 Å². The van der Waals surface area contributed by atoms with E-state index in [4.69, 9.17) is 5.11 Å². The summed E-state index contributed by atoms with van der Waals surface area (Å²) in [5.41, 5.74) is 0.283. The minimum atomic E-state index is -2.86. The first-order valence-electron chi connectivity index (χ1n) is 5.21. The van der Waals surface area contributed by atoms with Crippen LogP contribution in [0.1, 0.15) is 21.7 Å². The summed E-state index contributed by atoms with van der Waals surface area (Å²) in [4.78, 5) is 11.6. The second kappa shape index (κ2) is 4.75. The Morgan fingerprint density at radius 1 is 1.59 bits per heavy atom. The molecule has 2 N–H and O–H groups in total. The van der Waals surface area contributed by atoms with Crippen LogP contribution in [0.2, 0.25) is 0 Å². The van der Waals surface area contributed by atoms with Crippen LogP contribution in [0.3, 0.4) is 0 Å². The Hall–Kier alpha value is -0.920. The number of hydrogen-bond donors (Lipinski definition) is 2. The van der Waals surface area contributed by atoms with Crippen molar-refractivity contribution in [2.24, 2.45) is 0 Å². The number of hydrogen-bond acceptors (Lipinski definition) is 5. The first kappa shape index (κ1) is 12.5. The molecule has 1 aliphatic rings. The zero-order valence-electron chi connectivity index (χ0n) is 9.05. The van der Waals surface area contributed by atoms with Gasteiger partial charge in [0.2, 0.25) is 0 Å². The molecule has 1 fully saturated rings. The lowest BCUT2D eigenvalue weighted by Crippen LogP contribution is -2.29. The van der Waals surface area contributed by atoms with Crippen LogP contribution in [0.25, 0.3) is 0 Å². The van der Waals surface area contributed by atoms with Crippen LogP contribution in [0, 0.1) is 0 Å². The van der Waals surface area contributed by atoms with E-state index < -0.39 is 15.8 Å². The number of aromatic carboxylic acids is 1. The molecule has 1 saturated heterocycles. The predicted molar refractivity (Wildman–Crippen MR) is 65.2 cm³/mol. The summed E-state index contributed by atoms with van der Waals surface area (Å²) in [7, 11) is -2.86. The van der Waals surface area contributed by atoms with Crippen molar-refractivity contribution in [3.63, 3.8) is 0 Å². The zero-order chi connectivity index (χ0) is 12.5. The third kappa shape index (κ3) is 3.27. The highest BCUT2D eigenvalue weighted by Gasteiger charge is 2.27. The van der Waals surface area contributed by atoms with Crippen molar-refractivity contribution in [3.05, 3.63) is 21.9 Å². The molecule has 0 amide bonds. The molecule has 1 aromatic rings. The number of carboxylic acids is 1. The molecule has 7 heteroatoms. The number of nitrogens with one attached hydrogen (secondary N) is 1. The summed E-state index contributed by atoms with van der Waals surface area (Å²) in [5, 5.41) is 13.5. The third-order valence-electron chi connectivity index (χ3n) is 2.70. The average Bonchev–Trinajstić information content (AvgIpc) is 2.81. The molecular formula is C10H13NO4S2. The standard InChI is InChI=1S/C10H13NO4S2/c12-10(13)7-3-9(16-5-7)4-11-8-1-2-17(14,15)6-8/h3,5,8,11H,1-2,4,6H2,(H,12,13). The van der Waals surface area contributed by atoms with Crippen molar-refractivity contribution in [2.75, 3.05) is 11.5 Å². The molecule has 1 aliphatic heterocycles. The fourth-order valence-electron chi connectivity index (χ4n) is 1.79. The van der Waals surface area contributed by atoms with Crippen molar-refractivity contribution in [2.45, 2.75) is 19.0 Å². The average molecular weight is 275 g/mol. The fourth-order valence-corrected chi connectivity index (χ4v) is 4.30. The Bertz CT molecular complexity index is 520. The molecule has 0 aliphatic carbocycles. The number of sulfone groups is 1. The Kier molecular flexibility index (Phi) is 3.50. The first-order chi connectivity index (χ1) is 7.96. The van der Waals surface area contributed by atoms with Crippen molar-refractivity contribution in [1.82, 2.24) is 5.32 Å². The monoisotopic (exact) mass is 275 g/mol. The normalized spacial score (nSPS) is 22.7. The highest BCUT2D eigenvalue weighted by molar-refractivity contribution is 7.91. The van der Waals surface area contributed by atoms with Crippen molar-refractivity contribution < 1.29 is 18.3 Å². The van der Waals surface area contributed by atoms with Crippen molar-refractivity contribution in [1.29, 1.82) is 0 Å². The molecule has 94 valence electrons. The Morgan fingerprint density at radius 2 is 2.35 bits per heavy atom. The molecule has 1 unspecified atom stereocenters. The minimum Gasteiger partial charge on any atom is -0.478 e. The van der Waals surface area contributed by atoms with E-state index in [-0.39, 0.29) is 23.1 Å². The number of carbonyl (C=O) groups is 1. The van der Waals surface area contributed by atoms with Gasteiger partial charge in [-0.25, -0.2) is 13.2 Å². The molecule has 2 heterocycles. The summed E-state index contributed by atoms with van der Waals surface area (Å²) in [6.07, 6.45) is 0.638. The van der Waals surface area contributed by atoms with Crippen LogP contribution in [-0.4, -0.2) is 37.0 Å². The van der Waals surface area contributed by atoms with Gasteiger partial charge in [0.25, 0.3) is 0 Å². The Balaban J connectivity index is 1.88. The summed E-state index contributed by atoms with van der Waals surface area (Å²) in [5.74, 6) is -0.504. The SMILES string of the molecule is O=C(O)c1csc(CNC2CCS(=O)(=O)C2)c1. The lowest BCUT2D eigenvalue weighted by molar-refractivity contribution is 0.0697. The molecule has 0 aromatic carbocycles. The number of rotatable bonds is 4. The van der Waals surface area contributed by atoms with Gasteiger partial charge < -0.3 is 10.4 Å². The van der Waals surface area contributed by atoms with Gasteiger partial charge in [0.15, 0.2) is 9.84 Å². The van der Waals surface area contributed by atoms with E-state index in [0.717, 1.165) is 4.88 Å². The number of carboxylic acid groups (broad SMARTS) is 1. The highest BCUT2D eigenvalue weighted by Crippen LogP contribution is 2.16. The quantitative estimate of drug-likeness (QED) is 0.846. The second-order valence-corrected chi connectivity index (χ2v) is 7.31. The molecule has 0 saturated carbocycles. The van der Waals surface area contributed by atoms with Crippen molar-refractivity contribution >= 4 is 27.1 Å². The molecule has 0 bridgehead atoms. The van der Waals surface area contributed by atoms with E-state index in [2.05, 4.69) is 5.32 Å². The summed E-state index contributed by atoms with van der Waals surface area (Å²) in [6, 6.07) is 1.61. The summed E-state index contributed by atoms with van der Waals surface area (Å²) < 4.78 is 22.5. The van der Waals surface area contributed by atoms with Crippen LogP contribution in [-0.2, 0) is 16.4 Å². The number of thiophene rings is 1. The maximum Gasteiger partial charge on any atom is 0.336 e. The lowest BCUT2D eigenvalue weighted by Gasteiger charge is -2.08. The van der Waals surface area contributed by atoms with Gasteiger partial charge in [0, 0.05) is 22.8 Å². The molecule has 2 rings (SSSR count). The summed E-state index contributed by atoms with van der Waals surface area (Å²) >= 11 is 1.37. The van der Waals surface area contributed by atoms with Gasteiger partial charge >= 0.3 is 5.97 Å². The second-order valence-electron chi connectivity index (χ2n) is 4.09. The van der Waals surface area contributed by atoms with Gasteiger partial charge in [-0.1, -0.05) is 0 Å². The maximum absolute atomic E-state index is 11.2. The van der Waals surface area contributed by atoms with E-state index in [1.165, 1.54) is 11.3 Å². The van der Waals surface area contributed by atoms with E-state index in [1.54, 1.807) is 11.4 Å².